The van der Waals surface area contributed by atoms with E-state index in [1.54, 1.807) is 13.2 Å². The highest BCUT2D eigenvalue weighted by molar-refractivity contribution is 6.31. The predicted octanol–water partition coefficient (Wildman–Crippen LogP) is 2.55. The van der Waals surface area contributed by atoms with Gasteiger partial charge in [0, 0.05) is 23.8 Å². The van der Waals surface area contributed by atoms with Crippen molar-refractivity contribution in [2.24, 2.45) is 0 Å². The van der Waals surface area contributed by atoms with Crippen LogP contribution in [0.15, 0.2) is 29.1 Å². The Morgan fingerprint density at radius 2 is 2.17 bits per heavy atom. The molecule has 0 bridgehead atoms. The van der Waals surface area contributed by atoms with Gasteiger partial charge < -0.3 is 9.72 Å². The third-order valence-electron chi connectivity index (χ3n) is 2.53. The lowest BCUT2D eigenvalue weighted by molar-refractivity contribution is 0.181. The summed E-state index contributed by atoms with van der Waals surface area (Å²) in [5.74, 6) is 0.497. The van der Waals surface area contributed by atoms with Gasteiger partial charge in [-0.2, -0.15) is 0 Å². The van der Waals surface area contributed by atoms with Crippen molar-refractivity contribution in [1.29, 1.82) is 0 Å². The average molecular weight is 265 g/mol. The first-order valence-corrected chi connectivity index (χ1v) is 5.83. The first-order chi connectivity index (χ1) is 8.60. The molecule has 0 radical (unpaired) electrons. The van der Waals surface area contributed by atoms with E-state index in [1.165, 1.54) is 6.07 Å². The van der Waals surface area contributed by atoms with Crippen LogP contribution in [0.5, 0.6) is 0 Å². The lowest BCUT2D eigenvalue weighted by Crippen LogP contribution is -2.10. The largest absolute Gasteiger partial charge is 0.378 e. The number of halogens is 1. The Morgan fingerprint density at radius 1 is 1.39 bits per heavy atom. The molecule has 0 saturated carbocycles. The maximum absolute atomic E-state index is 11.5. The number of rotatable bonds is 3. The van der Waals surface area contributed by atoms with E-state index in [0.29, 0.717) is 23.1 Å². The molecular formula is C13H13ClN2O2. The van der Waals surface area contributed by atoms with Crippen molar-refractivity contribution in [1.82, 2.24) is 9.97 Å². The second kappa shape index (κ2) is 5.33. The summed E-state index contributed by atoms with van der Waals surface area (Å²) >= 11 is 6.06. The summed E-state index contributed by atoms with van der Waals surface area (Å²) in [4.78, 5) is 18.5. The van der Waals surface area contributed by atoms with Gasteiger partial charge in [0.1, 0.15) is 5.82 Å². The molecule has 1 aromatic heterocycles. The number of H-pyrrole nitrogens is 1. The number of nitrogens with one attached hydrogen (secondary N) is 1. The van der Waals surface area contributed by atoms with E-state index in [0.717, 1.165) is 11.1 Å². The number of ether oxygens (including phenoxy) is 1. The molecule has 0 spiro atoms. The molecule has 94 valence electrons. The fourth-order valence-corrected chi connectivity index (χ4v) is 1.79. The summed E-state index contributed by atoms with van der Waals surface area (Å²) in [7, 11) is 1.56. The zero-order valence-electron chi connectivity index (χ0n) is 10.2. The molecule has 1 N–H and O–H groups in total. The van der Waals surface area contributed by atoms with Crippen molar-refractivity contribution in [3.05, 3.63) is 50.9 Å². The van der Waals surface area contributed by atoms with Crippen molar-refractivity contribution < 1.29 is 4.74 Å². The zero-order valence-corrected chi connectivity index (χ0v) is 10.9. The van der Waals surface area contributed by atoms with E-state index < -0.39 is 0 Å². The van der Waals surface area contributed by atoms with Crippen molar-refractivity contribution in [3.63, 3.8) is 0 Å². The Labute approximate surface area is 110 Å². The molecule has 2 aromatic rings. The van der Waals surface area contributed by atoms with Crippen LogP contribution in [-0.2, 0) is 11.3 Å². The van der Waals surface area contributed by atoms with Crippen molar-refractivity contribution in [2.75, 3.05) is 7.11 Å². The van der Waals surface area contributed by atoms with Gasteiger partial charge in [-0.1, -0.05) is 23.7 Å². The van der Waals surface area contributed by atoms with Gasteiger partial charge in [0.05, 0.1) is 12.3 Å². The van der Waals surface area contributed by atoms with E-state index in [1.807, 2.05) is 19.1 Å². The van der Waals surface area contributed by atoms with E-state index in [-0.39, 0.29) is 5.56 Å². The molecule has 4 nitrogen and oxygen atoms in total. The third kappa shape index (κ3) is 2.78. The summed E-state index contributed by atoms with van der Waals surface area (Å²) in [5, 5.41) is 0.646. The summed E-state index contributed by atoms with van der Waals surface area (Å²) in [6, 6.07) is 6.96. The first-order valence-electron chi connectivity index (χ1n) is 5.46. The summed E-state index contributed by atoms with van der Waals surface area (Å²) < 4.78 is 4.98. The fraction of sp³-hybridized carbons (Fsp3) is 0.231. The van der Waals surface area contributed by atoms with Crippen molar-refractivity contribution in [3.8, 4) is 11.4 Å². The Bertz CT molecular complexity index is 623. The van der Waals surface area contributed by atoms with Gasteiger partial charge in [-0.3, -0.25) is 4.79 Å². The Hall–Kier alpha value is -1.65. The molecule has 18 heavy (non-hydrogen) atoms. The van der Waals surface area contributed by atoms with Crippen LogP contribution in [0.3, 0.4) is 0 Å². The molecule has 0 aliphatic heterocycles. The van der Waals surface area contributed by atoms with Gasteiger partial charge in [-0.15, -0.1) is 0 Å². The highest BCUT2D eigenvalue weighted by Crippen LogP contribution is 2.22. The molecule has 0 saturated heterocycles. The second-order valence-corrected chi connectivity index (χ2v) is 4.39. The highest BCUT2D eigenvalue weighted by Gasteiger charge is 2.05. The SMILES string of the molecule is COCc1cc(=O)[nH]c(-c2ccc(C)c(Cl)c2)n1. The smallest absolute Gasteiger partial charge is 0.251 e. The maximum atomic E-state index is 11.5. The van der Waals surface area contributed by atoms with Crippen LogP contribution in [0.2, 0.25) is 5.02 Å². The summed E-state index contributed by atoms with van der Waals surface area (Å²) in [5.41, 5.74) is 2.15. The summed E-state index contributed by atoms with van der Waals surface area (Å²) in [6.45, 7) is 2.22. The molecule has 0 aliphatic carbocycles. The molecule has 1 heterocycles. The van der Waals surface area contributed by atoms with Gasteiger partial charge in [0.15, 0.2) is 0 Å². The quantitative estimate of drug-likeness (QED) is 0.927. The van der Waals surface area contributed by atoms with Crippen molar-refractivity contribution >= 4 is 11.6 Å². The van der Waals surface area contributed by atoms with Crippen LogP contribution in [-0.4, -0.2) is 17.1 Å². The van der Waals surface area contributed by atoms with Crippen LogP contribution in [0.25, 0.3) is 11.4 Å². The minimum atomic E-state index is -0.205. The molecule has 0 fully saturated rings. The Balaban J connectivity index is 2.49. The van der Waals surface area contributed by atoms with Crippen molar-refractivity contribution in [2.45, 2.75) is 13.5 Å². The second-order valence-electron chi connectivity index (χ2n) is 3.98. The standard InChI is InChI=1S/C13H13ClN2O2/c1-8-3-4-9(5-11(8)14)13-15-10(7-18-2)6-12(17)16-13/h3-6H,7H2,1-2H3,(H,15,16,17). The molecule has 0 atom stereocenters. The molecule has 0 unspecified atom stereocenters. The van der Waals surface area contributed by atoms with E-state index >= 15 is 0 Å². The molecule has 1 aromatic carbocycles. The summed E-state index contributed by atoms with van der Waals surface area (Å²) in [6.07, 6.45) is 0. The number of methoxy groups -OCH3 is 1. The Kier molecular flexibility index (Phi) is 3.79. The average Bonchev–Trinajstić information content (AvgIpc) is 2.32. The van der Waals surface area contributed by atoms with Gasteiger partial charge >= 0.3 is 0 Å². The lowest BCUT2D eigenvalue weighted by atomic mass is 10.1. The zero-order chi connectivity index (χ0) is 13.1. The van der Waals surface area contributed by atoms with E-state index in [4.69, 9.17) is 16.3 Å². The van der Waals surface area contributed by atoms with Crippen LogP contribution in [0, 0.1) is 6.92 Å². The molecular weight excluding hydrogens is 252 g/mol. The molecule has 5 heteroatoms. The number of hydrogen-bond acceptors (Lipinski definition) is 3. The topological polar surface area (TPSA) is 55.0 Å². The van der Waals surface area contributed by atoms with Crippen LogP contribution in [0.4, 0.5) is 0 Å². The first kappa shape index (κ1) is 12.8. The third-order valence-corrected chi connectivity index (χ3v) is 2.94. The molecule has 0 aliphatic rings. The van der Waals surface area contributed by atoms with E-state index in [2.05, 4.69) is 9.97 Å². The predicted molar refractivity (Wildman–Crippen MR) is 70.8 cm³/mol. The van der Waals surface area contributed by atoms with E-state index in [9.17, 15) is 4.79 Å². The number of aryl methyl sites for hydroxylation is 1. The number of aromatic nitrogens is 2. The fourth-order valence-electron chi connectivity index (χ4n) is 1.61. The number of benzene rings is 1. The number of nitrogens with zero attached hydrogens (tertiary/aromatic N) is 1. The monoisotopic (exact) mass is 264 g/mol. The molecule has 2 rings (SSSR count). The number of hydrogen-bond donors (Lipinski definition) is 1. The van der Waals surface area contributed by atoms with Gasteiger partial charge in [0.25, 0.3) is 5.56 Å². The minimum absolute atomic E-state index is 0.205. The molecule has 0 amide bonds. The minimum Gasteiger partial charge on any atom is -0.378 e. The maximum Gasteiger partial charge on any atom is 0.251 e. The normalized spacial score (nSPS) is 10.6. The number of aromatic amines is 1. The van der Waals surface area contributed by atoms with Gasteiger partial charge in [-0.25, -0.2) is 4.98 Å². The van der Waals surface area contributed by atoms with Crippen LogP contribution >= 0.6 is 11.6 Å². The lowest BCUT2D eigenvalue weighted by Gasteiger charge is -2.05. The Morgan fingerprint density at radius 3 is 2.83 bits per heavy atom. The van der Waals surface area contributed by atoms with Gasteiger partial charge in [0.2, 0.25) is 0 Å². The van der Waals surface area contributed by atoms with Crippen LogP contribution in [0.1, 0.15) is 11.3 Å². The van der Waals surface area contributed by atoms with Crippen LogP contribution < -0.4 is 5.56 Å². The highest BCUT2D eigenvalue weighted by atomic mass is 35.5. The van der Waals surface area contributed by atoms with Gasteiger partial charge in [-0.05, 0) is 18.6 Å².